The van der Waals surface area contributed by atoms with E-state index in [0.29, 0.717) is 41.3 Å². The number of anilines is 1. The molecule has 0 N–H and O–H groups in total. The Morgan fingerprint density at radius 2 is 1.59 bits per heavy atom. The van der Waals surface area contributed by atoms with E-state index < -0.39 is 0 Å². The minimum atomic E-state index is -0.323. The average molecular weight is 554 g/mol. The Kier molecular flexibility index (Phi) is 7.80. The van der Waals surface area contributed by atoms with Gasteiger partial charge < -0.3 is 14.7 Å². The van der Waals surface area contributed by atoms with Crippen molar-refractivity contribution in [2.75, 3.05) is 31.1 Å². The highest BCUT2D eigenvalue weighted by atomic mass is 35.5. The zero-order valence-electron chi connectivity index (χ0n) is 20.2. The first-order chi connectivity index (χ1) is 18.0. The van der Waals surface area contributed by atoms with E-state index in [-0.39, 0.29) is 23.3 Å². The van der Waals surface area contributed by atoms with E-state index in [2.05, 4.69) is 6.07 Å². The van der Waals surface area contributed by atoms with Crippen LogP contribution >= 0.6 is 35.0 Å². The summed E-state index contributed by atoms with van der Waals surface area (Å²) in [5.41, 5.74) is 2.55. The van der Waals surface area contributed by atoms with Crippen molar-refractivity contribution in [2.24, 2.45) is 5.92 Å². The fourth-order valence-corrected chi connectivity index (χ4v) is 6.43. The summed E-state index contributed by atoms with van der Waals surface area (Å²) in [6.45, 7) is 1.81. The van der Waals surface area contributed by atoms with Crippen LogP contribution < -0.4 is 4.90 Å². The number of hydrogen-bond acceptors (Lipinski definition) is 5. The smallest absolute Gasteiger partial charge is 0.267 e. The number of halogens is 2. The molecule has 0 radical (unpaired) electrons. The standard InChI is InChI=1S/C28H26Cl2N4O2S/c29-21-10-8-19(9-11-21)25-18-37-28(34(25)23-7-3-6-22(30)16-23)24(17-31)27(36)33-14-12-32(13-15-33)26(35)20-4-1-2-5-20/h3,6-11,16,18,20H,1-2,4-5,12-15H2/b28-24-. The van der Waals surface area contributed by atoms with Crippen LogP contribution in [0.2, 0.25) is 10.0 Å². The molecule has 1 saturated carbocycles. The van der Waals surface area contributed by atoms with Crippen molar-refractivity contribution in [2.45, 2.75) is 25.7 Å². The number of hydrogen-bond donors (Lipinski definition) is 0. The van der Waals surface area contributed by atoms with Crippen LogP contribution in [-0.2, 0) is 9.59 Å². The molecule has 9 heteroatoms. The highest BCUT2D eigenvalue weighted by Crippen LogP contribution is 2.45. The van der Waals surface area contributed by atoms with Gasteiger partial charge in [0, 0.05) is 53.2 Å². The molecule has 2 aliphatic heterocycles. The first-order valence-electron chi connectivity index (χ1n) is 12.4. The predicted octanol–water partition coefficient (Wildman–Crippen LogP) is 6.14. The van der Waals surface area contributed by atoms with Crippen molar-refractivity contribution >= 4 is 58.2 Å². The number of carbonyl (C=O) groups is 2. The van der Waals surface area contributed by atoms with Gasteiger partial charge in [-0.3, -0.25) is 9.59 Å². The molecule has 2 fully saturated rings. The normalized spacial score (nSPS) is 19.6. The monoisotopic (exact) mass is 552 g/mol. The summed E-state index contributed by atoms with van der Waals surface area (Å²) in [6, 6.07) is 16.9. The summed E-state index contributed by atoms with van der Waals surface area (Å²) in [5, 5.41) is 13.8. The lowest BCUT2D eigenvalue weighted by Gasteiger charge is -2.36. The van der Waals surface area contributed by atoms with Crippen molar-refractivity contribution in [3.8, 4) is 6.07 Å². The van der Waals surface area contributed by atoms with Gasteiger partial charge in [-0.1, -0.05) is 66.0 Å². The van der Waals surface area contributed by atoms with Crippen molar-refractivity contribution in [1.29, 1.82) is 5.26 Å². The highest BCUT2D eigenvalue weighted by Gasteiger charge is 2.35. The fourth-order valence-electron chi connectivity index (χ4n) is 5.09. The summed E-state index contributed by atoms with van der Waals surface area (Å²) >= 11 is 13.8. The molecule has 3 aliphatic rings. The van der Waals surface area contributed by atoms with Gasteiger partial charge in [0.1, 0.15) is 16.7 Å². The molecule has 1 aliphatic carbocycles. The summed E-state index contributed by atoms with van der Waals surface area (Å²) in [7, 11) is 0. The summed E-state index contributed by atoms with van der Waals surface area (Å²) in [4.78, 5) is 31.9. The lowest BCUT2D eigenvalue weighted by atomic mass is 10.1. The number of nitriles is 1. The molecule has 2 heterocycles. The highest BCUT2D eigenvalue weighted by molar-refractivity contribution is 8.06. The topological polar surface area (TPSA) is 67.6 Å². The Hall–Kier alpha value is -2.92. The molecule has 0 aromatic heterocycles. The van der Waals surface area contributed by atoms with Crippen LogP contribution in [-0.4, -0.2) is 47.8 Å². The fraction of sp³-hybridized carbons (Fsp3) is 0.321. The third kappa shape index (κ3) is 5.38. The van der Waals surface area contributed by atoms with Gasteiger partial charge in [-0.2, -0.15) is 5.26 Å². The molecule has 0 unspecified atom stereocenters. The van der Waals surface area contributed by atoms with Crippen molar-refractivity contribution in [3.63, 3.8) is 0 Å². The van der Waals surface area contributed by atoms with Crippen LogP contribution in [0.15, 0.2) is 64.5 Å². The lowest BCUT2D eigenvalue weighted by molar-refractivity contribution is -0.140. The molecule has 2 aromatic carbocycles. The van der Waals surface area contributed by atoms with Crippen LogP contribution in [0.4, 0.5) is 5.69 Å². The van der Waals surface area contributed by atoms with E-state index >= 15 is 0 Å². The third-order valence-corrected chi connectivity index (χ3v) is 8.49. The molecule has 0 atom stereocenters. The second-order valence-corrected chi connectivity index (χ2v) is 11.1. The Labute approximate surface area is 231 Å². The summed E-state index contributed by atoms with van der Waals surface area (Å²) in [6.07, 6.45) is 4.14. The minimum Gasteiger partial charge on any atom is -0.339 e. The van der Waals surface area contributed by atoms with E-state index in [1.165, 1.54) is 11.8 Å². The zero-order valence-corrected chi connectivity index (χ0v) is 22.5. The van der Waals surface area contributed by atoms with Gasteiger partial charge in [0.2, 0.25) is 5.91 Å². The lowest BCUT2D eigenvalue weighted by Crippen LogP contribution is -2.52. The number of amides is 2. The van der Waals surface area contributed by atoms with Crippen LogP contribution in [0, 0.1) is 17.2 Å². The predicted molar refractivity (Wildman–Crippen MR) is 149 cm³/mol. The van der Waals surface area contributed by atoms with E-state index in [1.54, 1.807) is 11.0 Å². The molecular formula is C28H26Cl2N4O2S. The Morgan fingerprint density at radius 1 is 0.919 bits per heavy atom. The second kappa shape index (κ2) is 11.2. The largest absolute Gasteiger partial charge is 0.339 e. The zero-order chi connectivity index (χ0) is 25.9. The van der Waals surface area contributed by atoms with E-state index in [9.17, 15) is 14.9 Å². The van der Waals surface area contributed by atoms with Gasteiger partial charge >= 0.3 is 0 Å². The van der Waals surface area contributed by atoms with Gasteiger partial charge in [-0.05, 0) is 48.7 Å². The maximum atomic E-state index is 13.6. The maximum absolute atomic E-state index is 13.6. The molecule has 2 amide bonds. The molecule has 37 heavy (non-hydrogen) atoms. The molecule has 0 bridgehead atoms. The average Bonchev–Trinajstić information content (AvgIpc) is 3.60. The van der Waals surface area contributed by atoms with E-state index in [4.69, 9.17) is 23.2 Å². The third-order valence-electron chi connectivity index (χ3n) is 7.06. The molecule has 6 nitrogen and oxygen atoms in total. The maximum Gasteiger partial charge on any atom is 0.267 e. The molecular weight excluding hydrogens is 527 g/mol. The molecule has 2 aromatic rings. The first-order valence-corrected chi connectivity index (χ1v) is 14.0. The van der Waals surface area contributed by atoms with Gasteiger partial charge in [-0.25, -0.2) is 0 Å². The quantitative estimate of drug-likeness (QED) is 0.336. The van der Waals surface area contributed by atoms with Crippen molar-refractivity contribution in [3.05, 3.63) is 80.1 Å². The van der Waals surface area contributed by atoms with Gasteiger partial charge in [0.15, 0.2) is 0 Å². The van der Waals surface area contributed by atoms with Crippen LogP contribution in [0.25, 0.3) is 5.70 Å². The Balaban J connectivity index is 1.41. The minimum absolute atomic E-state index is 0.0701. The molecule has 1 saturated heterocycles. The van der Waals surface area contributed by atoms with Gasteiger partial charge in [0.05, 0.1) is 5.70 Å². The number of rotatable bonds is 4. The van der Waals surface area contributed by atoms with Crippen molar-refractivity contribution in [1.82, 2.24) is 9.80 Å². The van der Waals surface area contributed by atoms with Crippen LogP contribution in [0.3, 0.4) is 0 Å². The van der Waals surface area contributed by atoms with E-state index in [1.807, 2.05) is 57.7 Å². The summed E-state index contributed by atoms with van der Waals surface area (Å²) < 4.78 is 0. The van der Waals surface area contributed by atoms with Gasteiger partial charge in [-0.15, -0.1) is 0 Å². The van der Waals surface area contributed by atoms with Crippen molar-refractivity contribution < 1.29 is 9.59 Å². The number of benzene rings is 2. The summed E-state index contributed by atoms with van der Waals surface area (Å²) in [5.74, 6) is 0.00652. The number of piperazine rings is 1. The van der Waals surface area contributed by atoms with E-state index in [0.717, 1.165) is 42.6 Å². The second-order valence-electron chi connectivity index (χ2n) is 9.33. The van der Waals surface area contributed by atoms with Crippen LogP contribution in [0.1, 0.15) is 31.2 Å². The number of carbonyl (C=O) groups excluding carboxylic acids is 2. The number of nitrogens with zero attached hydrogens (tertiary/aromatic N) is 4. The Bertz CT molecular complexity index is 1300. The number of thioether (sulfide) groups is 1. The molecule has 5 rings (SSSR count). The SMILES string of the molecule is N#C/C(C(=O)N1CCN(C(=O)C2CCCC2)CC1)=C1/SC=C(c2ccc(Cl)cc2)N1c1cccc(Cl)c1. The first kappa shape index (κ1) is 25.7. The molecule has 190 valence electrons. The van der Waals surface area contributed by atoms with Crippen LogP contribution in [0.5, 0.6) is 0 Å². The van der Waals surface area contributed by atoms with Gasteiger partial charge in [0.25, 0.3) is 5.91 Å². The molecule has 0 spiro atoms. The Morgan fingerprint density at radius 3 is 2.24 bits per heavy atom.